The molecular weight excluding hydrogens is 266 g/mol. The number of fused-ring (bicyclic) bond motifs is 1. The molecule has 3 heterocycles. The van der Waals surface area contributed by atoms with Crippen molar-refractivity contribution in [2.45, 2.75) is 13.5 Å². The summed E-state index contributed by atoms with van der Waals surface area (Å²) < 4.78 is 7.05. The summed E-state index contributed by atoms with van der Waals surface area (Å²) in [6.07, 6.45) is 8.50. The van der Waals surface area contributed by atoms with Crippen molar-refractivity contribution in [3.63, 3.8) is 0 Å². The molecule has 0 fully saturated rings. The molecule has 5 nitrogen and oxygen atoms in total. The van der Waals surface area contributed by atoms with Crippen LogP contribution in [0.2, 0.25) is 0 Å². The number of pyridine rings is 1. The molecule has 0 saturated carbocycles. The number of nitrogens with zero attached hydrogens (tertiary/aromatic N) is 2. The second-order valence-corrected chi connectivity index (χ2v) is 4.77. The predicted molar refractivity (Wildman–Crippen MR) is 79.5 cm³/mol. The maximum absolute atomic E-state index is 11.7. The molecule has 0 aliphatic heterocycles. The Hall–Kier alpha value is -2.82. The number of amides is 1. The largest absolute Gasteiger partial charge is 0.465 e. The molecule has 0 aliphatic rings. The highest BCUT2D eigenvalue weighted by molar-refractivity contribution is 5.91. The summed E-state index contributed by atoms with van der Waals surface area (Å²) in [4.78, 5) is 16.2. The fourth-order valence-corrected chi connectivity index (χ4v) is 2.00. The van der Waals surface area contributed by atoms with E-state index in [-0.39, 0.29) is 5.91 Å². The van der Waals surface area contributed by atoms with Crippen molar-refractivity contribution in [3.05, 3.63) is 66.0 Å². The van der Waals surface area contributed by atoms with Crippen LogP contribution in [0.4, 0.5) is 0 Å². The minimum atomic E-state index is -0.181. The quantitative estimate of drug-likeness (QED) is 0.748. The number of furan rings is 1. The molecule has 106 valence electrons. The number of carbonyl (C=O) groups is 1. The van der Waals surface area contributed by atoms with Gasteiger partial charge in [-0.1, -0.05) is 0 Å². The van der Waals surface area contributed by atoms with E-state index in [9.17, 15) is 4.79 Å². The summed E-state index contributed by atoms with van der Waals surface area (Å²) in [6, 6.07) is 7.58. The van der Waals surface area contributed by atoms with Crippen molar-refractivity contribution >= 4 is 17.6 Å². The number of imidazole rings is 1. The maximum Gasteiger partial charge on any atom is 0.244 e. The van der Waals surface area contributed by atoms with Gasteiger partial charge in [-0.05, 0) is 42.8 Å². The molecular formula is C16H15N3O2. The van der Waals surface area contributed by atoms with Gasteiger partial charge >= 0.3 is 0 Å². The molecule has 3 aromatic rings. The highest BCUT2D eigenvalue weighted by Crippen LogP contribution is 2.07. The van der Waals surface area contributed by atoms with Gasteiger partial charge < -0.3 is 14.1 Å². The molecule has 0 aromatic carbocycles. The summed E-state index contributed by atoms with van der Waals surface area (Å²) in [5.74, 6) is 0.466. The highest BCUT2D eigenvalue weighted by Gasteiger charge is 2.03. The summed E-state index contributed by atoms with van der Waals surface area (Å²) in [5, 5.41) is 2.79. The van der Waals surface area contributed by atoms with Crippen LogP contribution < -0.4 is 5.32 Å². The Kier molecular flexibility index (Phi) is 3.55. The average molecular weight is 281 g/mol. The van der Waals surface area contributed by atoms with Crippen molar-refractivity contribution in [2.24, 2.45) is 0 Å². The molecule has 0 bridgehead atoms. The van der Waals surface area contributed by atoms with E-state index in [0.29, 0.717) is 12.3 Å². The Morgan fingerprint density at radius 1 is 1.48 bits per heavy atom. The van der Waals surface area contributed by atoms with Crippen molar-refractivity contribution in [1.82, 2.24) is 14.7 Å². The minimum Gasteiger partial charge on any atom is -0.465 e. The Bertz CT molecular complexity index is 785. The smallest absolute Gasteiger partial charge is 0.244 e. The van der Waals surface area contributed by atoms with Gasteiger partial charge in [-0.2, -0.15) is 0 Å². The van der Waals surface area contributed by atoms with Gasteiger partial charge in [-0.3, -0.25) is 4.79 Å². The Labute approximate surface area is 121 Å². The van der Waals surface area contributed by atoms with Gasteiger partial charge in [0.05, 0.1) is 18.5 Å². The van der Waals surface area contributed by atoms with E-state index in [0.717, 1.165) is 16.9 Å². The van der Waals surface area contributed by atoms with E-state index in [1.807, 2.05) is 35.9 Å². The SMILES string of the molecule is Cc1ccn2cc(CNC(=O)/C=C/c3ccco3)nc2c1. The zero-order valence-electron chi connectivity index (χ0n) is 11.6. The van der Waals surface area contributed by atoms with E-state index in [1.165, 1.54) is 6.08 Å². The summed E-state index contributed by atoms with van der Waals surface area (Å²) in [5.41, 5.74) is 2.86. The Morgan fingerprint density at radius 2 is 2.38 bits per heavy atom. The molecule has 0 atom stereocenters. The highest BCUT2D eigenvalue weighted by atomic mass is 16.3. The maximum atomic E-state index is 11.7. The van der Waals surface area contributed by atoms with Crippen molar-refractivity contribution in [2.75, 3.05) is 0 Å². The molecule has 0 unspecified atom stereocenters. The van der Waals surface area contributed by atoms with E-state index in [2.05, 4.69) is 10.3 Å². The lowest BCUT2D eigenvalue weighted by Gasteiger charge is -1.97. The van der Waals surface area contributed by atoms with Crippen LogP contribution in [0.5, 0.6) is 0 Å². The molecule has 3 aromatic heterocycles. The molecule has 1 N–H and O–H groups in total. The third kappa shape index (κ3) is 3.20. The number of nitrogens with one attached hydrogen (secondary N) is 1. The predicted octanol–water partition coefficient (Wildman–Crippen LogP) is 2.57. The number of aromatic nitrogens is 2. The zero-order chi connectivity index (χ0) is 14.7. The van der Waals surface area contributed by atoms with E-state index >= 15 is 0 Å². The van der Waals surface area contributed by atoms with Crippen molar-refractivity contribution < 1.29 is 9.21 Å². The number of aryl methyl sites for hydroxylation is 1. The molecule has 0 radical (unpaired) electrons. The van der Waals surface area contributed by atoms with Crippen LogP contribution in [-0.2, 0) is 11.3 Å². The number of rotatable bonds is 4. The van der Waals surface area contributed by atoms with Crippen LogP contribution in [0.1, 0.15) is 17.0 Å². The molecule has 21 heavy (non-hydrogen) atoms. The van der Waals surface area contributed by atoms with E-state index in [1.54, 1.807) is 24.5 Å². The molecule has 5 heteroatoms. The first-order chi connectivity index (χ1) is 10.2. The lowest BCUT2D eigenvalue weighted by molar-refractivity contribution is -0.116. The Morgan fingerprint density at radius 3 is 3.19 bits per heavy atom. The van der Waals surface area contributed by atoms with E-state index < -0.39 is 0 Å². The van der Waals surface area contributed by atoms with Crippen molar-refractivity contribution in [1.29, 1.82) is 0 Å². The van der Waals surface area contributed by atoms with Crippen LogP contribution in [0.25, 0.3) is 11.7 Å². The number of hydrogen-bond donors (Lipinski definition) is 1. The second kappa shape index (κ2) is 5.66. The van der Waals surface area contributed by atoms with Crippen LogP contribution in [0.3, 0.4) is 0 Å². The van der Waals surface area contributed by atoms with Crippen LogP contribution in [0.15, 0.2) is 53.4 Å². The van der Waals surface area contributed by atoms with Crippen LogP contribution >= 0.6 is 0 Å². The van der Waals surface area contributed by atoms with Gasteiger partial charge in [0, 0.05) is 18.5 Å². The summed E-state index contributed by atoms with van der Waals surface area (Å²) in [6.45, 7) is 2.41. The third-order valence-corrected chi connectivity index (χ3v) is 3.05. The van der Waals surface area contributed by atoms with E-state index in [4.69, 9.17) is 4.42 Å². The first kappa shape index (κ1) is 13.2. The Balaban J connectivity index is 1.62. The monoisotopic (exact) mass is 281 g/mol. The summed E-state index contributed by atoms with van der Waals surface area (Å²) >= 11 is 0. The fraction of sp³-hybridized carbons (Fsp3) is 0.125. The lowest BCUT2D eigenvalue weighted by atomic mass is 10.3. The number of hydrogen-bond acceptors (Lipinski definition) is 3. The third-order valence-electron chi connectivity index (χ3n) is 3.05. The first-order valence-electron chi connectivity index (χ1n) is 6.64. The second-order valence-electron chi connectivity index (χ2n) is 4.77. The fourth-order valence-electron chi connectivity index (χ4n) is 2.00. The van der Waals surface area contributed by atoms with Crippen molar-refractivity contribution in [3.8, 4) is 0 Å². The first-order valence-corrected chi connectivity index (χ1v) is 6.64. The van der Waals surface area contributed by atoms with Gasteiger partial charge in [0.25, 0.3) is 0 Å². The normalized spacial score (nSPS) is 11.3. The van der Waals surface area contributed by atoms with Gasteiger partial charge in [0.15, 0.2) is 0 Å². The van der Waals surface area contributed by atoms with Gasteiger partial charge in [0.2, 0.25) is 5.91 Å². The lowest BCUT2D eigenvalue weighted by Crippen LogP contribution is -2.20. The molecule has 0 saturated heterocycles. The standard InChI is InChI=1S/C16H15N3O2/c1-12-6-7-19-11-13(18-15(19)9-12)10-17-16(20)5-4-14-3-2-8-21-14/h2-9,11H,10H2,1H3,(H,17,20)/b5-4+. The molecule has 1 amide bonds. The van der Waals surface area contributed by atoms with Gasteiger partial charge in [-0.15, -0.1) is 0 Å². The van der Waals surface area contributed by atoms with Crippen LogP contribution in [-0.4, -0.2) is 15.3 Å². The molecule has 0 aliphatic carbocycles. The average Bonchev–Trinajstić information content (AvgIpc) is 3.11. The van der Waals surface area contributed by atoms with Gasteiger partial charge in [0.1, 0.15) is 11.4 Å². The van der Waals surface area contributed by atoms with Gasteiger partial charge in [-0.25, -0.2) is 4.98 Å². The summed E-state index contributed by atoms with van der Waals surface area (Å²) in [7, 11) is 0. The zero-order valence-corrected chi connectivity index (χ0v) is 11.6. The van der Waals surface area contributed by atoms with Crippen LogP contribution in [0, 0.1) is 6.92 Å². The topological polar surface area (TPSA) is 59.5 Å². The number of carbonyl (C=O) groups excluding carboxylic acids is 1. The molecule has 0 spiro atoms. The molecule has 3 rings (SSSR count). The minimum absolute atomic E-state index is 0.181.